The molecule has 0 saturated heterocycles. The summed E-state index contributed by atoms with van der Waals surface area (Å²) in [5.41, 5.74) is 8.62. The van der Waals surface area contributed by atoms with Crippen molar-refractivity contribution in [2.75, 3.05) is 0 Å². The molecule has 0 radical (unpaired) electrons. The lowest BCUT2D eigenvalue weighted by molar-refractivity contribution is 0.585. The molecule has 1 atom stereocenters. The molecular weight excluding hydrogens is 210 g/mol. The number of benzene rings is 1. The second-order valence-electron chi connectivity index (χ2n) is 4.66. The van der Waals surface area contributed by atoms with Crippen molar-refractivity contribution < 1.29 is 0 Å². The Kier molecular flexibility index (Phi) is 3.20. The van der Waals surface area contributed by atoms with Gasteiger partial charge in [0.25, 0.3) is 0 Å². The summed E-state index contributed by atoms with van der Waals surface area (Å²) in [5.74, 6) is 0. The first-order valence-electron chi connectivity index (χ1n) is 5.72. The number of azo groups is 1. The normalized spacial score (nSPS) is 24.1. The van der Waals surface area contributed by atoms with Crippen molar-refractivity contribution in [3.05, 3.63) is 53.8 Å². The van der Waals surface area contributed by atoms with E-state index in [9.17, 15) is 0 Å². The van der Waals surface area contributed by atoms with Crippen LogP contribution in [-0.4, -0.2) is 5.54 Å². The minimum absolute atomic E-state index is 0.248. The minimum atomic E-state index is -0.248. The van der Waals surface area contributed by atoms with Crippen molar-refractivity contribution in [1.82, 2.24) is 0 Å². The van der Waals surface area contributed by atoms with Gasteiger partial charge in [-0.05, 0) is 38.0 Å². The maximum Gasteiger partial charge on any atom is 0.0886 e. The van der Waals surface area contributed by atoms with Crippen LogP contribution in [0.3, 0.4) is 0 Å². The number of rotatable bonds is 2. The third-order valence-electron chi connectivity index (χ3n) is 2.77. The molecule has 0 heterocycles. The first-order chi connectivity index (χ1) is 8.07. The first-order valence-corrected chi connectivity index (χ1v) is 5.72. The maximum atomic E-state index is 5.97. The Hall–Kier alpha value is -1.74. The zero-order valence-electron chi connectivity index (χ0n) is 10.2. The van der Waals surface area contributed by atoms with Gasteiger partial charge in [-0.2, -0.15) is 10.2 Å². The van der Waals surface area contributed by atoms with E-state index in [1.807, 2.05) is 56.3 Å². The first kappa shape index (κ1) is 11.7. The smallest absolute Gasteiger partial charge is 0.0886 e. The topological polar surface area (TPSA) is 50.7 Å². The quantitative estimate of drug-likeness (QED) is 0.770. The Morgan fingerprint density at radius 2 is 2.00 bits per heavy atom. The lowest BCUT2D eigenvalue weighted by atomic mass is 9.94. The lowest BCUT2D eigenvalue weighted by Crippen LogP contribution is -2.33. The predicted octanol–water partition coefficient (Wildman–Crippen LogP) is 3.64. The molecule has 1 unspecified atom stereocenters. The molecule has 0 spiro atoms. The van der Waals surface area contributed by atoms with Gasteiger partial charge in [0.2, 0.25) is 0 Å². The molecule has 0 aliphatic heterocycles. The average molecular weight is 227 g/mol. The molecule has 1 aromatic carbocycles. The highest BCUT2D eigenvalue weighted by atomic mass is 15.1. The zero-order valence-corrected chi connectivity index (χ0v) is 10.2. The van der Waals surface area contributed by atoms with Crippen LogP contribution in [0.15, 0.2) is 58.4 Å². The fraction of sp³-hybridized carbons (Fsp3) is 0.286. The summed E-state index contributed by atoms with van der Waals surface area (Å²) in [6.07, 6.45) is 6.71. The molecule has 1 aliphatic carbocycles. The van der Waals surface area contributed by atoms with E-state index < -0.39 is 0 Å². The van der Waals surface area contributed by atoms with E-state index >= 15 is 0 Å². The highest BCUT2D eigenvalue weighted by molar-refractivity contribution is 5.44. The average Bonchev–Trinajstić information content (AvgIpc) is 2.30. The predicted molar refractivity (Wildman–Crippen MR) is 70.1 cm³/mol. The molecule has 2 N–H and O–H groups in total. The molecule has 3 nitrogen and oxygen atoms in total. The summed E-state index contributed by atoms with van der Waals surface area (Å²) in [5, 5.41) is 8.47. The summed E-state index contributed by atoms with van der Waals surface area (Å²) < 4.78 is 0. The molecule has 17 heavy (non-hydrogen) atoms. The molecule has 1 aromatic rings. The second-order valence-corrected chi connectivity index (χ2v) is 4.66. The molecule has 2 rings (SSSR count). The van der Waals surface area contributed by atoms with Gasteiger partial charge in [0.1, 0.15) is 0 Å². The lowest BCUT2D eigenvalue weighted by Gasteiger charge is -2.20. The van der Waals surface area contributed by atoms with Gasteiger partial charge >= 0.3 is 0 Å². The van der Waals surface area contributed by atoms with Crippen LogP contribution in [0.4, 0.5) is 5.69 Å². The van der Waals surface area contributed by atoms with E-state index in [0.29, 0.717) is 0 Å². The molecule has 0 aromatic heterocycles. The van der Waals surface area contributed by atoms with Crippen molar-refractivity contribution in [3.8, 4) is 0 Å². The fourth-order valence-electron chi connectivity index (χ4n) is 1.60. The SMILES string of the molecule is Cc1ccccc1N=NC1=CCC(C)(N)C=C1. The largest absolute Gasteiger partial charge is 0.322 e. The van der Waals surface area contributed by atoms with Crippen LogP contribution in [0.25, 0.3) is 0 Å². The van der Waals surface area contributed by atoms with Crippen LogP contribution in [0.5, 0.6) is 0 Å². The summed E-state index contributed by atoms with van der Waals surface area (Å²) in [6.45, 7) is 4.02. The summed E-state index contributed by atoms with van der Waals surface area (Å²) in [4.78, 5) is 0. The van der Waals surface area contributed by atoms with Gasteiger partial charge < -0.3 is 5.73 Å². The third-order valence-corrected chi connectivity index (χ3v) is 2.77. The van der Waals surface area contributed by atoms with Crippen molar-refractivity contribution in [1.29, 1.82) is 0 Å². The van der Waals surface area contributed by atoms with Gasteiger partial charge in [-0.25, -0.2) is 0 Å². The van der Waals surface area contributed by atoms with E-state index in [4.69, 9.17) is 5.73 Å². The standard InChI is InChI=1S/C14H17N3/c1-11-5-3-4-6-13(11)17-16-12-7-9-14(2,15)10-8-12/h3-9H,10,15H2,1-2H3. The van der Waals surface area contributed by atoms with E-state index in [1.54, 1.807) is 0 Å². The van der Waals surface area contributed by atoms with Gasteiger partial charge in [0.05, 0.1) is 11.4 Å². The fourth-order valence-corrected chi connectivity index (χ4v) is 1.60. The molecule has 0 saturated carbocycles. The van der Waals surface area contributed by atoms with Gasteiger partial charge in [-0.1, -0.05) is 30.4 Å². The maximum absolute atomic E-state index is 5.97. The van der Waals surface area contributed by atoms with Gasteiger partial charge in [0.15, 0.2) is 0 Å². The van der Waals surface area contributed by atoms with Crippen LogP contribution in [-0.2, 0) is 0 Å². The van der Waals surface area contributed by atoms with Crippen LogP contribution in [0.1, 0.15) is 18.9 Å². The van der Waals surface area contributed by atoms with Crippen LogP contribution < -0.4 is 5.73 Å². The molecule has 88 valence electrons. The highest BCUT2D eigenvalue weighted by Crippen LogP contribution is 2.22. The van der Waals surface area contributed by atoms with Crippen molar-refractivity contribution in [2.24, 2.45) is 16.0 Å². The van der Waals surface area contributed by atoms with Crippen molar-refractivity contribution in [3.63, 3.8) is 0 Å². The van der Waals surface area contributed by atoms with Gasteiger partial charge in [-0.3, -0.25) is 0 Å². The Labute approximate surface area is 102 Å². The van der Waals surface area contributed by atoms with Crippen LogP contribution >= 0.6 is 0 Å². The molecule has 0 amide bonds. The number of nitrogens with two attached hydrogens (primary N) is 1. The highest BCUT2D eigenvalue weighted by Gasteiger charge is 2.16. The zero-order chi connectivity index (χ0) is 12.3. The van der Waals surface area contributed by atoms with E-state index in [0.717, 1.165) is 23.4 Å². The Bertz CT molecular complexity index is 496. The third kappa shape index (κ3) is 3.11. The second kappa shape index (κ2) is 4.63. The van der Waals surface area contributed by atoms with Crippen LogP contribution in [0.2, 0.25) is 0 Å². The summed E-state index contributed by atoms with van der Waals surface area (Å²) in [7, 11) is 0. The Balaban J connectivity index is 2.11. The monoisotopic (exact) mass is 227 g/mol. The molecule has 0 fully saturated rings. The summed E-state index contributed by atoms with van der Waals surface area (Å²) in [6, 6.07) is 7.94. The van der Waals surface area contributed by atoms with E-state index in [-0.39, 0.29) is 5.54 Å². The molecule has 0 bridgehead atoms. The van der Waals surface area contributed by atoms with Crippen molar-refractivity contribution in [2.45, 2.75) is 25.8 Å². The number of hydrogen-bond acceptors (Lipinski definition) is 3. The van der Waals surface area contributed by atoms with Gasteiger partial charge in [-0.15, -0.1) is 0 Å². The van der Waals surface area contributed by atoms with Crippen molar-refractivity contribution >= 4 is 5.69 Å². The number of aryl methyl sites for hydroxylation is 1. The van der Waals surface area contributed by atoms with E-state index in [2.05, 4.69) is 10.2 Å². The number of hydrogen-bond donors (Lipinski definition) is 1. The minimum Gasteiger partial charge on any atom is -0.322 e. The molecular formula is C14H17N3. The number of allylic oxidation sites excluding steroid dienone is 1. The Morgan fingerprint density at radius 3 is 2.65 bits per heavy atom. The Morgan fingerprint density at radius 1 is 1.24 bits per heavy atom. The molecule has 1 aliphatic rings. The molecule has 3 heteroatoms. The van der Waals surface area contributed by atoms with E-state index in [1.165, 1.54) is 0 Å². The van der Waals surface area contributed by atoms with Gasteiger partial charge in [0, 0.05) is 5.54 Å². The van der Waals surface area contributed by atoms with Crippen LogP contribution in [0, 0.1) is 6.92 Å². The summed E-state index contributed by atoms with van der Waals surface area (Å²) >= 11 is 0. The number of nitrogens with zero attached hydrogens (tertiary/aromatic N) is 2.